The Morgan fingerprint density at radius 3 is 2.48 bits per heavy atom. The minimum absolute atomic E-state index is 0.00472. The first-order valence-electron chi connectivity index (χ1n) is 9.56. The fourth-order valence-electron chi connectivity index (χ4n) is 3.99. The predicted molar refractivity (Wildman–Crippen MR) is 96.2 cm³/mol. The Morgan fingerprint density at radius 2 is 1.84 bits per heavy atom. The van der Waals surface area contributed by atoms with E-state index in [0.717, 1.165) is 44.1 Å². The van der Waals surface area contributed by atoms with E-state index in [4.69, 9.17) is 9.47 Å². The van der Waals surface area contributed by atoms with E-state index in [1.807, 2.05) is 18.2 Å². The van der Waals surface area contributed by atoms with Crippen molar-refractivity contribution in [3.05, 3.63) is 35.9 Å². The van der Waals surface area contributed by atoms with Crippen LogP contribution in [-0.4, -0.2) is 23.0 Å². The summed E-state index contributed by atoms with van der Waals surface area (Å²) < 4.78 is 12.9. The number of carboxylic acids is 1. The van der Waals surface area contributed by atoms with E-state index >= 15 is 0 Å². The van der Waals surface area contributed by atoms with Crippen LogP contribution in [0.3, 0.4) is 0 Å². The first kappa shape index (κ1) is 18.4. The number of carboxylic acid groups (broad SMARTS) is 1. The van der Waals surface area contributed by atoms with Gasteiger partial charge in [-0.25, -0.2) is 0 Å². The van der Waals surface area contributed by atoms with Crippen molar-refractivity contribution in [2.75, 3.05) is 0 Å². The fraction of sp³-hybridized carbons (Fsp3) is 0.667. The zero-order valence-electron chi connectivity index (χ0n) is 15.4. The van der Waals surface area contributed by atoms with Gasteiger partial charge in [-0.3, -0.25) is 4.79 Å². The Balaban J connectivity index is 1.69. The molecule has 4 nitrogen and oxygen atoms in total. The van der Waals surface area contributed by atoms with Gasteiger partial charge >= 0.3 is 5.97 Å². The molecule has 1 aromatic carbocycles. The highest BCUT2D eigenvalue weighted by atomic mass is 16.8. The zero-order valence-corrected chi connectivity index (χ0v) is 15.4. The Hall–Kier alpha value is -1.39. The molecule has 1 aromatic rings. The largest absolute Gasteiger partial charge is 0.481 e. The average molecular weight is 346 g/mol. The van der Waals surface area contributed by atoms with Crippen molar-refractivity contribution in [2.24, 2.45) is 5.41 Å². The first-order valence-corrected chi connectivity index (χ1v) is 9.56. The summed E-state index contributed by atoms with van der Waals surface area (Å²) in [6.45, 7) is 3.58. The molecular formula is C21H30O4. The van der Waals surface area contributed by atoms with Gasteiger partial charge in [0.05, 0.1) is 11.5 Å². The first-order chi connectivity index (χ1) is 11.9. The van der Waals surface area contributed by atoms with Gasteiger partial charge in [0.2, 0.25) is 0 Å². The van der Waals surface area contributed by atoms with Crippen LogP contribution in [-0.2, 0) is 14.3 Å². The van der Waals surface area contributed by atoms with Crippen LogP contribution in [0.25, 0.3) is 0 Å². The lowest BCUT2D eigenvalue weighted by Gasteiger charge is -2.32. The lowest BCUT2D eigenvalue weighted by Crippen LogP contribution is -2.33. The third kappa shape index (κ3) is 4.24. The van der Waals surface area contributed by atoms with Crippen molar-refractivity contribution in [3.63, 3.8) is 0 Å². The third-order valence-electron chi connectivity index (χ3n) is 5.66. The average Bonchev–Trinajstić information content (AvgIpc) is 2.94. The van der Waals surface area contributed by atoms with Crippen LogP contribution >= 0.6 is 0 Å². The summed E-state index contributed by atoms with van der Waals surface area (Å²) in [5.41, 5.74) is 0.469. The van der Waals surface area contributed by atoms with Crippen LogP contribution < -0.4 is 0 Å². The number of ether oxygens (including phenoxy) is 2. The third-order valence-corrected chi connectivity index (χ3v) is 5.66. The topological polar surface area (TPSA) is 55.8 Å². The highest BCUT2D eigenvalue weighted by Gasteiger charge is 2.48. The molecule has 1 saturated heterocycles. The maximum Gasteiger partial charge on any atom is 0.309 e. The van der Waals surface area contributed by atoms with Gasteiger partial charge in [0.25, 0.3) is 0 Å². The van der Waals surface area contributed by atoms with Crippen molar-refractivity contribution >= 4 is 5.97 Å². The normalized spacial score (nSPS) is 26.0. The van der Waals surface area contributed by atoms with Gasteiger partial charge in [-0.1, -0.05) is 36.8 Å². The van der Waals surface area contributed by atoms with Gasteiger partial charge < -0.3 is 14.6 Å². The van der Waals surface area contributed by atoms with Gasteiger partial charge in [0.1, 0.15) is 6.10 Å². The van der Waals surface area contributed by atoms with E-state index in [1.54, 1.807) is 13.8 Å². The molecule has 0 radical (unpaired) electrons. The summed E-state index contributed by atoms with van der Waals surface area (Å²) >= 11 is 0. The van der Waals surface area contributed by atoms with Gasteiger partial charge in [0.15, 0.2) is 5.79 Å². The quantitative estimate of drug-likeness (QED) is 0.780. The number of hydrogen-bond acceptors (Lipinski definition) is 3. The maximum atomic E-state index is 11.3. The molecule has 1 aliphatic carbocycles. The zero-order chi connectivity index (χ0) is 17.9. The molecule has 0 unspecified atom stereocenters. The molecule has 0 amide bonds. The number of rotatable bonds is 6. The second-order valence-corrected chi connectivity index (χ2v) is 8.16. The molecule has 4 heteroatoms. The second-order valence-electron chi connectivity index (χ2n) is 8.16. The summed E-state index contributed by atoms with van der Waals surface area (Å²) in [6, 6.07) is 10.3. The molecule has 2 fully saturated rings. The van der Waals surface area contributed by atoms with Crippen molar-refractivity contribution < 1.29 is 19.4 Å². The van der Waals surface area contributed by atoms with Crippen molar-refractivity contribution in [2.45, 2.75) is 83.2 Å². The summed E-state index contributed by atoms with van der Waals surface area (Å²) in [5, 5.41) is 9.31. The highest BCUT2D eigenvalue weighted by Crippen LogP contribution is 2.47. The SMILES string of the molecule is CC(C)(CCC[C@H]1OC2(CCCCC2)O[C@@H]1c1ccccc1)C(=O)O. The van der Waals surface area contributed by atoms with E-state index in [9.17, 15) is 9.90 Å². The molecule has 0 bridgehead atoms. The molecule has 1 saturated carbocycles. The molecule has 25 heavy (non-hydrogen) atoms. The van der Waals surface area contributed by atoms with E-state index in [-0.39, 0.29) is 12.2 Å². The fourth-order valence-corrected chi connectivity index (χ4v) is 3.99. The Labute approximate surface area is 150 Å². The van der Waals surface area contributed by atoms with E-state index in [0.29, 0.717) is 6.42 Å². The van der Waals surface area contributed by atoms with Gasteiger partial charge in [-0.2, -0.15) is 0 Å². The smallest absolute Gasteiger partial charge is 0.309 e. The molecule has 3 rings (SSSR count). The van der Waals surface area contributed by atoms with Crippen LogP contribution in [0.15, 0.2) is 30.3 Å². The van der Waals surface area contributed by atoms with Crippen LogP contribution in [0.5, 0.6) is 0 Å². The van der Waals surface area contributed by atoms with Crippen LogP contribution in [0.1, 0.15) is 76.9 Å². The molecule has 1 spiro atoms. The van der Waals surface area contributed by atoms with Gasteiger partial charge in [-0.15, -0.1) is 0 Å². The van der Waals surface area contributed by atoms with Crippen LogP contribution in [0, 0.1) is 5.41 Å². The Kier molecular flexibility index (Phi) is 5.49. The molecule has 2 aliphatic rings. The molecular weight excluding hydrogens is 316 g/mol. The second kappa shape index (κ2) is 7.46. The number of hydrogen-bond donors (Lipinski definition) is 1. The number of benzene rings is 1. The Bertz CT molecular complexity index is 575. The molecule has 2 atom stereocenters. The van der Waals surface area contributed by atoms with Crippen molar-refractivity contribution in [1.82, 2.24) is 0 Å². The maximum absolute atomic E-state index is 11.3. The van der Waals surface area contributed by atoms with Crippen molar-refractivity contribution in [1.29, 1.82) is 0 Å². The summed E-state index contributed by atoms with van der Waals surface area (Å²) in [4.78, 5) is 11.3. The van der Waals surface area contributed by atoms with Crippen LogP contribution in [0.4, 0.5) is 0 Å². The summed E-state index contributed by atoms with van der Waals surface area (Å²) in [7, 11) is 0. The Morgan fingerprint density at radius 1 is 1.16 bits per heavy atom. The van der Waals surface area contributed by atoms with E-state index in [2.05, 4.69) is 12.1 Å². The highest BCUT2D eigenvalue weighted by molar-refractivity contribution is 5.73. The molecule has 1 heterocycles. The minimum Gasteiger partial charge on any atom is -0.481 e. The van der Waals surface area contributed by atoms with Gasteiger partial charge in [-0.05, 0) is 51.5 Å². The number of aliphatic carboxylic acids is 1. The molecule has 138 valence electrons. The number of carbonyl (C=O) groups is 1. The van der Waals surface area contributed by atoms with E-state index in [1.165, 1.54) is 6.42 Å². The lowest BCUT2D eigenvalue weighted by molar-refractivity contribution is -0.195. The monoisotopic (exact) mass is 346 g/mol. The lowest BCUT2D eigenvalue weighted by atomic mass is 9.86. The predicted octanol–water partition coefficient (Wildman–Crippen LogP) is 5.08. The van der Waals surface area contributed by atoms with Crippen molar-refractivity contribution in [3.8, 4) is 0 Å². The van der Waals surface area contributed by atoms with Crippen LogP contribution in [0.2, 0.25) is 0 Å². The summed E-state index contributed by atoms with van der Waals surface area (Å²) in [5.74, 6) is -1.16. The molecule has 1 N–H and O–H groups in total. The van der Waals surface area contributed by atoms with E-state index < -0.39 is 17.2 Å². The molecule has 1 aliphatic heterocycles. The standard InChI is InChI=1S/C21H30O4/c1-20(2,19(22)23)13-9-12-17-18(16-10-5-3-6-11-16)25-21(24-17)14-7-4-8-15-21/h3,5-6,10-11,17-18H,4,7-9,12-15H2,1-2H3,(H,22,23)/t17-,18-/m1/s1. The molecule has 0 aromatic heterocycles. The van der Waals surface area contributed by atoms with Gasteiger partial charge in [0, 0.05) is 12.8 Å². The summed E-state index contributed by atoms with van der Waals surface area (Å²) in [6.07, 6.45) is 7.75. The minimum atomic E-state index is -0.737.